The second-order valence-corrected chi connectivity index (χ2v) is 8.30. The molecular weight excluding hydrogens is 432 g/mol. The molecule has 0 bridgehead atoms. The molecular formula is C26H18N4O4. The lowest BCUT2D eigenvalue weighted by Gasteiger charge is -2.13. The first kappa shape index (κ1) is 21.1. The van der Waals surface area contributed by atoms with E-state index in [1.807, 2.05) is 48.5 Å². The molecule has 8 nitrogen and oxygen atoms in total. The van der Waals surface area contributed by atoms with Gasteiger partial charge in [-0.15, -0.1) is 0 Å². The quantitative estimate of drug-likeness (QED) is 0.345. The number of nitrogens with one attached hydrogen (secondary N) is 1. The number of anilines is 1. The lowest BCUT2D eigenvalue weighted by Crippen LogP contribution is -2.26. The topological polar surface area (TPSA) is 139 Å². The van der Waals surface area contributed by atoms with E-state index in [9.17, 15) is 25.0 Å². The number of carbonyl (C=O) groups excluding carboxylic acids is 2. The number of rotatable bonds is 5. The highest BCUT2D eigenvalue weighted by molar-refractivity contribution is 6.37. The summed E-state index contributed by atoms with van der Waals surface area (Å²) in [6.45, 7) is 0. The third-order valence-electron chi connectivity index (χ3n) is 6.60. The summed E-state index contributed by atoms with van der Waals surface area (Å²) in [5.74, 6) is -2.51. The molecule has 1 saturated carbocycles. The number of benzene rings is 3. The van der Waals surface area contributed by atoms with Gasteiger partial charge in [0.15, 0.2) is 5.41 Å². The fourth-order valence-corrected chi connectivity index (χ4v) is 5.02. The number of non-ortho nitro benzene ring substituents is 1. The number of para-hydroxylation sites is 1. The summed E-state index contributed by atoms with van der Waals surface area (Å²) in [4.78, 5) is 36.5. The first-order valence-corrected chi connectivity index (χ1v) is 10.6. The molecule has 0 aromatic heterocycles. The van der Waals surface area contributed by atoms with Gasteiger partial charge in [0.25, 0.3) is 11.6 Å². The standard InChI is InChI=1S/C26H18N4O4/c27-14-26(25(28)32)22(16-10-12-17(13-11-16)30(33)34)23(26)20(15-6-2-1-3-7-15)21-18-8-4-5-9-19(18)29-24(21)31/h1-13,22-23H,(H2,28,32)(H,29,31)/b21-20-/t22-,23-,26+/m0/s1. The Labute approximate surface area is 194 Å². The molecule has 166 valence electrons. The van der Waals surface area contributed by atoms with Crippen LogP contribution in [0.15, 0.2) is 78.9 Å². The number of nitro groups is 1. The van der Waals surface area contributed by atoms with Crippen LogP contribution in [0.25, 0.3) is 11.1 Å². The van der Waals surface area contributed by atoms with Crippen LogP contribution in [0.2, 0.25) is 0 Å². The van der Waals surface area contributed by atoms with Gasteiger partial charge in [0.05, 0.1) is 16.6 Å². The zero-order chi connectivity index (χ0) is 24.0. The van der Waals surface area contributed by atoms with Crippen LogP contribution in [0.1, 0.15) is 22.6 Å². The number of carbonyl (C=O) groups is 2. The van der Waals surface area contributed by atoms with Gasteiger partial charge in [-0.05, 0) is 22.8 Å². The average molecular weight is 450 g/mol. The van der Waals surface area contributed by atoms with Gasteiger partial charge in [-0.2, -0.15) is 5.26 Å². The van der Waals surface area contributed by atoms with Crippen LogP contribution >= 0.6 is 0 Å². The summed E-state index contributed by atoms with van der Waals surface area (Å²) < 4.78 is 0. The number of amides is 2. The minimum Gasteiger partial charge on any atom is -0.368 e. The molecule has 5 rings (SSSR count). The lowest BCUT2D eigenvalue weighted by atomic mass is 9.88. The van der Waals surface area contributed by atoms with Gasteiger partial charge in [0.1, 0.15) is 0 Å². The Bertz CT molecular complexity index is 1420. The van der Waals surface area contributed by atoms with Crippen LogP contribution in [0, 0.1) is 32.8 Å². The summed E-state index contributed by atoms with van der Waals surface area (Å²) in [5, 5.41) is 24.1. The van der Waals surface area contributed by atoms with Gasteiger partial charge in [0, 0.05) is 35.2 Å². The molecule has 1 fully saturated rings. The largest absolute Gasteiger partial charge is 0.368 e. The third-order valence-corrected chi connectivity index (χ3v) is 6.60. The molecule has 1 heterocycles. The molecule has 8 heteroatoms. The summed E-state index contributed by atoms with van der Waals surface area (Å²) >= 11 is 0. The number of nitrogens with zero attached hydrogens (tertiary/aromatic N) is 2. The molecule has 1 aliphatic heterocycles. The monoisotopic (exact) mass is 450 g/mol. The Morgan fingerprint density at radius 2 is 1.68 bits per heavy atom. The van der Waals surface area contributed by atoms with Gasteiger partial charge in [-0.3, -0.25) is 19.7 Å². The number of hydrogen-bond donors (Lipinski definition) is 2. The van der Waals surface area contributed by atoms with Crippen LogP contribution in [0.4, 0.5) is 11.4 Å². The van der Waals surface area contributed by atoms with Crippen molar-refractivity contribution >= 4 is 34.3 Å². The predicted octanol–water partition coefficient (Wildman–Crippen LogP) is 3.87. The molecule has 2 aliphatic rings. The van der Waals surface area contributed by atoms with Crippen LogP contribution in [-0.4, -0.2) is 16.7 Å². The van der Waals surface area contributed by atoms with Gasteiger partial charge in [0.2, 0.25) is 5.91 Å². The normalized spacial score (nSPS) is 23.9. The number of fused-ring (bicyclic) bond motifs is 1. The molecule has 34 heavy (non-hydrogen) atoms. The zero-order valence-electron chi connectivity index (χ0n) is 17.8. The number of allylic oxidation sites excluding steroid dienone is 1. The van der Waals surface area contributed by atoms with Gasteiger partial charge in [-0.1, -0.05) is 60.7 Å². The smallest absolute Gasteiger partial charge is 0.269 e. The van der Waals surface area contributed by atoms with Crippen molar-refractivity contribution in [2.75, 3.05) is 5.32 Å². The van der Waals surface area contributed by atoms with Crippen molar-refractivity contribution in [3.8, 4) is 6.07 Å². The van der Waals surface area contributed by atoms with Crippen LogP contribution in [-0.2, 0) is 9.59 Å². The van der Waals surface area contributed by atoms with E-state index < -0.39 is 28.1 Å². The number of nitrogens with two attached hydrogens (primary N) is 1. The Morgan fingerprint density at radius 1 is 1.03 bits per heavy atom. The fourth-order valence-electron chi connectivity index (χ4n) is 5.02. The highest BCUT2D eigenvalue weighted by atomic mass is 16.6. The average Bonchev–Trinajstić information content (AvgIpc) is 3.42. The van der Waals surface area contributed by atoms with Crippen molar-refractivity contribution in [1.29, 1.82) is 5.26 Å². The van der Waals surface area contributed by atoms with Crippen molar-refractivity contribution in [3.05, 3.63) is 106 Å². The first-order valence-electron chi connectivity index (χ1n) is 10.6. The second-order valence-electron chi connectivity index (χ2n) is 8.30. The molecule has 3 atom stereocenters. The molecule has 3 N–H and O–H groups in total. The summed E-state index contributed by atoms with van der Waals surface area (Å²) in [7, 11) is 0. The number of primary amides is 1. The van der Waals surface area contributed by atoms with E-state index in [1.54, 1.807) is 6.07 Å². The van der Waals surface area contributed by atoms with Crippen LogP contribution < -0.4 is 11.1 Å². The third kappa shape index (κ3) is 2.98. The Balaban J connectivity index is 1.76. The van der Waals surface area contributed by atoms with E-state index in [0.29, 0.717) is 33.5 Å². The molecule has 1 aliphatic carbocycles. The highest BCUT2D eigenvalue weighted by Crippen LogP contribution is 2.70. The van der Waals surface area contributed by atoms with Gasteiger partial charge >= 0.3 is 0 Å². The number of nitro benzene ring substituents is 1. The minimum absolute atomic E-state index is 0.103. The molecule has 0 radical (unpaired) electrons. The van der Waals surface area contributed by atoms with E-state index in [0.717, 1.165) is 0 Å². The summed E-state index contributed by atoms with van der Waals surface area (Å²) in [6, 6.07) is 24.2. The van der Waals surface area contributed by atoms with E-state index in [-0.39, 0.29) is 11.6 Å². The first-order chi connectivity index (χ1) is 16.4. The lowest BCUT2D eigenvalue weighted by molar-refractivity contribution is -0.384. The Hall–Kier alpha value is -4.77. The number of nitriles is 1. The maximum atomic E-state index is 13.2. The highest BCUT2D eigenvalue weighted by Gasteiger charge is 2.72. The SMILES string of the molecule is N#C[C@]1(C(N)=O)[C@@H](/C(=C2\C(=O)Nc3ccccc32)c2ccccc2)[C@@H]1c1ccc([N+](=O)[O-])cc1. The van der Waals surface area contributed by atoms with Crippen molar-refractivity contribution in [1.82, 2.24) is 0 Å². The van der Waals surface area contributed by atoms with Crippen molar-refractivity contribution in [3.63, 3.8) is 0 Å². The van der Waals surface area contributed by atoms with E-state index in [2.05, 4.69) is 11.4 Å². The maximum absolute atomic E-state index is 13.2. The van der Waals surface area contributed by atoms with E-state index >= 15 is 0 Å². The molecule has 3 aromatic carbocycles. The molecule has 3 aromatic rings. The van der Waals surface area contributed by atoms with Gasteiger partial charge < -0.3 is 11.1 Å². The van der Waals surface area contributed by atoms with E-state index in [4.69, 9.17) is 5.73 Å². The molecule has 0 unspecified atom stereocenters. The molecule has 0 saturated heterocycles. The second kappa shape index (κ2) is 7.67. The predicted molar refractivity (Wildman–Crippen MR) is 125 cm³/mol. The number of hydrogen-bond acceptors (Lipinski definition) is 5. The van der Waals surface area contributed by atoms with Gasteiger partial charge in [-0.25, -0.2) is 0 Å². The molecule has 0 spiro atoms. The van der Waals surface area contributed by atoms with Crippen molar-refractivity contribution < 1.29 is 14.5 Å². The van der Waals surface area contributed by atoms with Crippen molar-refractivity contribution in [2.24, 2.45) is 17.1 Å². The molecule has 2 amide bonds. The zero-order valence-corrected chi connectivity index (χ0v) is 17.8. The summed E-state index contributed by atoms with van der Waals surface area (Å²) in [6.07, 6.45) is 0. The maximum Gasteiger partial charge on any atom is 0.269 e. The van der Waals surface area contributed by atoms with Crippen molar-refractivity contribution in [2.45, 2.75) is 5.92 Å². The minimum atomic E-state index is -1.61. The summed E-state index contributed by atoms with van der Waals surface area (Å²) in [5.41, 5.74) is 7.60. The fraction of sp³-hybridized carbons (Fsp3) is 0.115. The van der Waals surface area contributed by atoms with Crippen LogP contribution in [0.5, 0.6) is 0 Å². The van der Waals surface area contributed by atoms with E-state index in [1.165, 1.54) is 24.3 Å². The Kier molecular flexibility index (Phi) is 4.76. The van der Waals surface area contributed by atoms with Crippen LogP contribution in [0.3, 0.4) is 0 Å². The Morgan fingerprint density at radius 3 is 2.29 bits per heavy atom.